The molecule has 18 heavy (non-hydrogen) atoms. The van der Waals surface area contributed by atoms with E-state index in [0.717, 1.165) is 18.8 Å². The summed E-state index contributed by atoms with van der Waals surface area (Å²) >= 11 is 0. The standard InChI is InChI=1S/C15H17N3/c1-2-7-13(8-3-1)15(18-11-4-5-12-18)14-9-6-10-16-17-14/h1-3,6-10,15H,4-5,11-12H2. The fraction of sp³-hybridized carbons (Fsp3) is 0.333. The van der Waals surface area contributed by atoms with Gasteiger partial charge in [-0.2, -0.15) is 10.2 Å². The van der Waals surface area contributed by atoms with Crippen molar-refractivity contribution in [3.63, 3.8) is 0 Å². The van der Waals surface area contributed by atoms with Crippen LogP contribution in [0.25, 0.3) is 0 Å². The highest BCUT2D eigenvalue weighted by molar-refractivity contribution is 5.27. The lowest BCUT2D eigenvalue weighted by atomic mass is 10.0. The van der Waals surface area contributed by atoms with Gasteiger partial charge in [0.25, 0.3) is 0 Å². The minimum atomic E-state index is 0.252. The zero-order valence-electron chi connectivity index (χ0n) is 10.4. The van der Waals surface area contributed by atoms with Crippen LogP contribution in [-0.4, -0.2) is 28.2 Å². The van der Waals surface area contributed by atoms with Gasteiger partial charge in [0, 0.05) is 6.20 Å². The van der Waals surface area contributed by atoms with Gasteiger partial charge in [0.15, 0.2) is 0 Å². The molecule has 0 N–H and O–H groups in total. The van der Waals surface area contributed by atoms with Crippen molar-refractivity contribution in [2.45, 2.75) is 18.9 Å². The van der Waals surface area contributed by atoms with Crippen molar-refractivity contribution in [1.29, 1.82) is 0 Å². The van der Waals surface area contributed by atoms with E-state index in [0.29, 0.717) is 0 Å². The van der Waals surface area contributed by atoms with Crippen LogP contribution in [0.15, 0.2) is 48.7 Å². The first kappa shape index (κ1) is 11.4. The minimum absolute atomic E-state index is 0.252. The van der Waals surface area contributed by atoms with Gasteiger partial charge in [-0.05, 0) is 43.6 Å². The summed E-state index contributed by atoms with van der Waals surface area (Å²) in [6, 6.07) is 14.9. The molecule has 0 radical (unpaired) electrons. The lowest BCUT2D eigenvalue weighted by Crippen LogP contribution is -2.27. The molecule has 2 aromatic rings. The molecule has 3 nitrogen and oxygen atoms in total. The normalized spacial score (nSPS) is 17.8. The molecule has 1 aliphatic rings. The minimum Gasteiger partial charge on any atom is -0.291 e. The molecule has 92 valence electrons. The third-order valence-corrected chi connectivity index (χ3v) is 3.49. The van der Waals surface area contributed by atoms with Gasteiger partial charge in [0.05, 0.1) is 11.7 Å². The Labute approximate surface area is 107 Å². The van der Waals surface area contributed by atoms with Crippen LogP contribution in [0.5, 0.6) is 0 Å². The Bertz CT molecular complexity index is 438. The van der Waals surface area contributed by atoms with Crippen molar-refractivity contribution in [3.05, 3.63) is 59.9 Å². The molecule has 0 bridgehead atoms. The Kier molecular flexibility index (Phi) is 3.33. The summed E-state index contributed by atoms with van der Waals surface area (Å²) in [4.78, 5) is 2.50. The molecule has 1 saturated heterocycles. The summed E-state index contributed by atoms with van der Waals surface area (Å²) in [5.74, 6) is 0. The first-order valence-electron chi connectivity index (χ1n) is 6.52. The van der Waals surface area contributed by atoms with Gasteiger partial charge >= 0.3 is 0 Å². The fourth-order valence-electron chi connectivity index (χ4n) is 2.66. The van der Waals surface area contributed by atoms with Gasteiger partial charge in [0.2, 0.25) is 0 Å². The van der Waals surface area contributed by atoms with Crippen molar-refractivity contribution in [1.82, 2.24) is 15.1 Å². The van der Waals surface area contributed by atoms with E-state index < -0.39 is 0 Å². The lowest BCUT2D eigenvalue weighted by Gasteiger charge is -2.27. The predicted molar refractivity (Wildman–Crippen MR) is 71.1 cm³/mol. The largest absolute Gasteiger partial charge is 0.291 e. The van der Waals surface area contributed by atoms with Gasteiger partial charge in [-0.15, -0.1) is 0 Å². The lowest BCUT2D eigenvalue weighted by molar-refractivity contribution is 0.275. The van der Waals surface area contributed by atoms with Gasteiger partial charge in [-0.25, -0.2) is 0 Å². The van der Waals surface area contributed by atoms with Crippen molar-refractivity contribution in [3.8, 4) is 0 Å². The molecule has 1 fully saturated rings. The SMILES string of the molecule is c1ccc(C(c2cccnn2)N2CCCC2)cc1. The highest BCUT2D eigenvalue weighted by Crippen LogP contribution is 2.29. The number of hydrogen-bond donors (Lipinski definition) is 0. The van der Waals surface area contributed by atoms with Gasteiger partial charge in [-0.3, -0.25) is 4.90 Å². The summed E-state index contributed by atoms with van der Waals surface area (Å²) in [6.45, 7) is 2.30. The topological polar surface area (TPSA) is 29.0 Å². The van der Waals surface area contributed by atoms with Crippen LogP contribution in [0.2, 0.25) is 0 Å². The number of rotatable bonds is 3. The zero-order chi connectivity index (χ0) is 12.2. The second-order valence-electron chi connectivity index (χ2n) is 4.70. The molecule has 2 heterocycles. The Hall–Kier alpha value is -1.74. The number of hydrogen-bond acceptors (Lipinski definition) is 3. The first-order valence-corrected chi connectivity index (χ1v) is 6.52. The van der Waals surface area contributed by atoms with E-state index in [2.05, 4.69) is 51.5 Å². The second kappa shape index (κ2) is 5.27. The van der Waals surface area contributed by atoms with Crippen LogP contribution in [0.1, 0.15) is 30.1 Å². The molecular formula is C15H17N3. The Morgan fingerprint density at radius 3 is 2.39 bits per heavy atom. The summed E-state index contributed by atoms with van der Waals surface area (Å²) in [6.07, 6.45) is 4.29. The van der Waals surface area contributed by atoms with E-state index >= 15 is 0 Å². The van der Waals surface area contributed by atoms with Crippen LogP contribution in [0, 0.1) is 0 Å². The summed E-state index contributed by atoms with van der Waals surface area (Å²) < 4.78 is 0. The van der Waals surface area contributed by atoms with Gasteiger partial charge < -0.3 is 0 Å². The third-order valence-electron chi connectivity index (χ3n) is 3.49. The molecule has 0 amide bonds. The van der Waals surface area contributed by atoms with Crippen molar-refractivity contribution in [2.75, 3.05) is 13.1 Å². The number of benzene rings is 1. The van der Waals surface area contributed by atoms with Crippen LogP contribution in [0.4, 0.5) is 0 Å². The number of likely N-dealkylation sites (tertiary alicyclic amines) is 1. The first-order chi connectivity index (χ1) is 8.95. The molecule has 1 aromatic heterocycles. The number of nitrogens with zero attached hydrogens (tertiary/aromatic N) is 3. The molecule has 1 atom stereocenters. The highest BCUT2D eigenvalue weighted by atomic mass is 15.2. The Balaban J connectivity index is 1.98. The van der Waals surface area contributed by atoms with Crippen LogP contribution >= 0.6 is 0 Å². The molecular weight excluding hydrogens is 222 g/mol. The third kappa shape index (κ3) is 2.27. The van der Waals surface area contributed by atoms with Crippen molar-refractivity contribution in [2.24, 2.45) is 0 Å². The predicted octanol–water partition coefficient (Wildman–Crippen LogP) is 2.66. The van der Waals surface area contributed by atoms with E-state index in [1.165, 1.54) is 18.4 Å². The zero-order valence-corrected chi connectivity index (χ0v) is 10.4. The molecule has 1 aliphatic heterocycles. The Morgan fingerprint density at radius 2 is 1.72 bits per heavy atom. The van der Waals surface area contributed by atoms with Crippen LogP contribution < -0.4 is 0 Å². The molecule has 0 saturated carbocycles. The summed E-state index contributed by atoms with van der Waals surface area (Å²) in [5, 5.41) is 8.33. The molecule has 1 unspecified atom stereocenters. The molecule has 0 aliphatic carbocycles. The van der Waals surface area contributed by atoms with E-state index in [9.17, 15) is 0 Å². The van der Waals surface area contributed by atoms with Crippen molar-refractivity contribution >= 4 is 0 Å². The second-order valence-corrected chi connectivity index (χ2v) is 4.70. The van der Waals surface area contributed by atoms with E-state index in [-0.39, 0.29) is 6.04 Å². The molecule has 3 heteroatoms. The Morgan fingerprint density at radius 1 is 0.944 bits per heavy atom. The molecule has 3 rings (SSSR count). The monoisotopic (exact) mass is 239 g/mol. The maximum Gasteiger partial charge on any atom is 0.0848 e. The number of aromatic nitrogens is 2. The quantitative estimate of drug-likeness (QED) is 0.824. The fourth-order valence-corrected chi connectivity index (χ4v) is 2.66. The van der Waals surface area contributed by atoms with Crippen LogP contribution in [-0.2, 0) is 0 Å². The maximum atomic E-state index is 4.31. The molecule has 0 spiro atoms. The van der Waals surface area contributed by atoms with Gasteiger partial charge in [-0.1, -0.05) is 30.3 Å². The average molecular weight is 239 g/mol. The van der Waals surface area contributed by atoms with E-state index in [4.69, 9.17) is 0 Å². The van der Waals surface area contributed by atoms with E-state index in [1.807, 2.05) is 6.07 Å². The van der Waals surface area contributed by atoms with Crippen molar-refractivity contribution < 1.29 is 0 Å². The van der Waals surface area contributed by atoms with Gasteiger partial charge in [0.1, 0.15) is 0 Å². The summed E-state index contributed by atoms with van der Waals surface area (Å²) in [7, 11) is 0. The van der Waals surface area contributed by atoms with E-state index in [1.54, 1.807) is 6.20 Å². The molecule has 1 aromatic carbocycles. The smallest absolute Gasteiger partial charge is 0.0848 e. The highest BCUT2D eigenvalue weighted by Gasteiger charge is 2.25. The summed E-state index contributed by atoms with van der Waals surface area (Å²) in [5.41, 5.74) is 2.35. The van der Waals surface area contributed by atoms with Crippen LogP contribution in [0.3, 0.4) is 0 Å². The maximum absolute atomic E-state index is 4.31. The average Bonchev–Trinajstić information content (AvgIpc) is 2.95.